The third-order valence-electron chi connectivity index (χ3n) is 6.73. The van der Waals surface area contributed by atoms with Crippen LogP contribution in [0.1, 0.15) is 37.8 Å². The molecule has 4 heterocycles. The van der Waals surface area contributed by atoms with E-state index in [1.54, 1.807) is 0 Å². The summed E-state index contributed by atoms with van der Waals surface area (Å²) in [6, 6.07) is 2.59. The Bertz CT molecular complexity index is 1180. The standard InChI is InChI=1S/C20H22F3N7O/c21-20(22,23)15-11(4-3-8-25-15)14-13-16(29-28-14)26-18(27-17(13)31)30-9-7-19(12(24)10-30)5-1-2-6-19/h3-4,8,12H,1-2,5-7,9-10,24H2,(H2,26,27,28,29,31). The highest BCUT2D eigenvalue weighted by atomic mass is 19.4. The van der Waals surface area contributed by atoms with Gasteiger partial charge in [0.15, 0.2) is 11.3 Å². The second-order valence-corrected chi connectivity index (χ2v) is 8.45. The Morgan fingerprint density at radius 1 is 1.23 bits per heavy atom. The number of aromatic nitrogens is 5. The minimum atomic E-state index is -4.68. The molecule has 1 saturated carbocycles. The Morgan fingerprint density at radius 2 is 2.00 bits per heavy atom. The lowest BCUT2D eigenvalue weighted by Gasteiger charge is -2.44. The van der Waals surface area contributed by atoms with Crippen molar-refractivity contribution in [1.82, 2.24) is 25.1 Å². The fraction of sp³-hybridized carbons (Fsp3) is 0.500. The van der Waals surface area contributed by atoms with Crippen molar-refractivity contribution in [2.45, 2.75) is 44.3 Å². The summed E-state index contributed by atoms with van der Waals surface area (Å²) < 4.78 is 40.2. The Balaban J connectivity index is 1.52. The van der Waals surface area contributed by atoms with Gasteiger partial charge in [-0.15, -0.1) is 0 Å². The number of aromatic amines is 2. The lowest BCUT2D eigenvalue weighted by Crippen LogP contribution is -2.54. The molecule has 2 fully saturated rings. The number of halogens is 3. The fourth-order valence-corrected chi connectivity index (χ4v) is 5.05. The van der Waals surface area contributed by atoms with Crippen LogP contribution in [-0.2, 0) is 6.18 Å². The SMILES string of the molecule is NC1CN(c2nc3[nH]nc(-c4cccnc4C(F)(F)F)c3c(=O)[nH]2)CCC12CCCC2. The van der Waals surface area contributed by atoms with E-state index in [4.69, 9.17) is 5.73 Å². The quantitative estimate of drug-likeness (QED) is 0.572. The number of nitrogens with one attached hydrogen (secondary N) is 2. The van der Waals surface area contributed by atoms with Gasteiger partial charge in [0.1, 0.15) is 11.1 Å². The van der Waals surface area contributed by atoms with E-state index in [9.17, 15) is 18.0 Å². The average Bonchev–Trinajstić information content (AvgIpc) is 3.38. The van der Waals surface area contributed by atoms with Crippen LogP contribution in [0.5, 0.6) is 0 Å². The molecule has 3 aromatic heterocycles. The molecule has 0 radical (unpaired) electrons. The first kappa shape index (κ1) is 20.0. The number of anilines is 1. The van der Waals surface area contributed by atoms with Gasteiger partial charge in [-0.2, -0.15) is 23.3 Å². The number of nitrogens with two attached hydrogens (primary N) is 1. The Labute approximate surface area is 175 Å². The molecule has 8 nitrogen and oxygen atoms in total. The summed E-state index contributed by atoms with van der Waals surface area (Å²) in [7, 11) is 0. The normalized spacial score (nSPS) is 21.3. The van der Waals surface area contributed by atoms with Crippen LogP contribution in [0, 0.1) is 5.41 Å². The highest BCUT2D eigenvalue weighted by molar-refractivity contribution is 5.91. The van der Waals surface area contributed by atoms with Crippen molar-refractivity contribution in [1.29, 1.82) is 0 Å². The maximum Gasteiger partial charge on any atom is 0.434 e. The summed E-state index contributed by atoms with van der Waals surface area (Å²) in [5.74, 6) is 0.346. The summed E-state index contributed by atoms with van der Waals surface area (Å²) in [5.41, 5.74) is 4.72. The molecule has 1 spiro atoms. The molecule has 5 rings (SSSR count). The van der Waals surface area contributed by atoms with E-state index in [-0.39, 0.29) is 33.7 Å². The minimum absolute atomic E-state index is 0.0215. The molecule has 31 heavy (non-hydrogen) atoms. The molecule has 0 bridgehead atoms. The van der Waals surface area contributed by atoms with Crippen LogP contribution in [0.4, 0.5) is 19.1 Å². The van der Waals surface area contributed by atoms with E-state index in [0.717, 1.165) is 25.5 Å². The number of H-pyrrole nitrogens is 2. The topological polar surface area (TPSA) is 117 Å². The number of alkyl halides is 3. The zero-order valence-corrected chi connectivity index (χ0v) is 16.7. The van der Waals surface area contributed by atoms with Gasteiger partial charge in [-0.05, 0) is 36.8 Å². The molecule has 0 aromatic carbocycles. The molecule has 1 saturated heterocycles. The Kier molecular flexibility index (Phi) is 4.54. The molecule has 3 aromatic rings. The molecule has 11 heteroatoms. The number of hydrogen-bond donors (Lipinski definition) is 3. The second-order valence-electron chi connectivity index (χ2n) is 8.45. The van der Waals surface area contributed by atoms with E-state index in [1.807, 2.05) is 4.90 Å². The number of rotatable bonds is 2. The number of pyridine rings is 1. The molecule has 164 valence electrons. The van der Waals surface area contributed by atoms with Crippen LogP contribution in [0.2, 0.25) is 0 Å². The molecule has 1 atom stereocenters. The van der Waals surface area contributed by atoms with Gasteiger partial charge < -0.3 is 10.6 Å². The van der Waals surface area contributed by atoms with E-state index < -0.39 is 17.4 Å². The van der Waals surface area contributed by atoms with Crippen molar-refractivity contribution in [3.8, 4) is 11.3 Å². The molecule has 1 aliphatic heterocycles. The number of fused-ring (bicyclic) bond motifs is 1. The largest absolute Gasteiger partial charge is 0.434 e. The highest BCUT2D eigenvalue weighted by Crippen LogP contribution is 2.46. The lowest BCUT2D eigenvalue weighted by molar-refractivity contribution is -0.140. The average molecular weight is 433 g/mol. The summed E-state index contributed by atoms with van der Waals surface area (Å²) in [6.45, 7) is 1.28. The van der Waals surface area contributed by atoms with Crippen molar-refractivity contribution in [2.24, 2.45) is 11.1 Å². The fourth-order valence-electron chi connectivity index (χ4n) is 5.05. The van der Waals surface area contributed by atoms with Crippen molar-refractivity contribution in [3.05, 3.63) is 34.4 Å². The number of hydrogen-bond acceptors (Lipinski definition) is 6. The number of nitrogens with zero attached hydrogens (tertiary/aromatic N) is 4. The first-order valence-electron chi connectivity index (χ1n) is 10.3. The summed E-state index contributed by atoms with van der Waals surface area (Å²) in [5, 5.41) is 6.55. The van der Waals surface area contributed by atoms with Crippen molar-refractivity contribution in [2.75, 3.05) is 18.0 Å². The first-order valence-corrected chi connectivity index (χ1v) is 10.3. The lowest BCUT2D eigenvalue weighted by atomic mass is 9.73. The van der Waals surface area contributed by atoms with Crippen LogP contribution in [0.3, 0.4) is 0 Å². The van der Waals surface area contributed by atoms with Gasteiger partial charge in [-0.1, -0.05) is 12.8 Å². The molecule has 1 aliphatic carbocycles. The summed E-state index contributed by atoms with van der Waals surface area (Å²) >= 11 is 0. The zero-order chi connectivity index (χ0) is 21.8. The van der Waals surface area contributed by atoms with Crippen molar-refractivity contribution < 1.29 is 13.2 Å². The van der Waals surface area contributed by atoms with E-state index in [1.165, 1.54) is 25.0 Å². The molecular weight excluding hydrogens is 411 g/mol. The molecule has 1 unspecified atom stereocenters. The summed E-state index contributed by atoms with van der Waals surface area (Å²) in [6.07, 6.45) is 1.94. The van der Waals surface area contributed by atoms with E-state index in [2.05, 4.69) is 25.1 Å². The monoisotopic (exact) mass is 433 g/mol. The molecular formula is C20H22F3N7O. The molecule has 2 aliphatic rings. The first-order chi connectivity index (χ1) is 14.8. The van der Waals surface area contributed by atoms with Gasteiger partial charge in [-0.3, -0.25) is 19.9 Å². The van der Waals surface area contributed by atoms with Gasteiger partial charge in [-0.25, -0.2) is 0 Å². The second kappa shape index (κ2) is 7.04. The van der Waals surface area contributed by atoms with E-state index >= 15 is 0 Å². The zero-order valence-electron chi connectivity index (χ0n) is 16.7. The van der Waals surface area contributed by atoms with Crippen molar-refractivity contribution >= 4 is 17.0 Å². The minimum Gasteiger partial charge on any atom is -0.341 e. The van der Waals surface area contributed by atoms with Gasteiger partial charge in [0.05, 0.1) is 0 Å². The summed E-state index contributed by atoms with van der Waals surface area (Å²) in [4.78, 5) is 25.4. The van der Waals surface area contributed by atoms with Gasteiger partial charge in [0.2, 0.25) is 5.95 Å². The van der Waals surface area contributed by atoms with Gasteiger partial charge >= 0.3 is 6.18 Å². The van der Waals surface area contributed by atoms with Crippen LogP contribution in [0.15, 0.2) is 23.1 Å². The third kappa shape index (κ3) is 3.27. The predicted molar refractivity (Wildman–Crippen MR) is 108 cm³/mol. The highest BCUT2D eigenvalue weighted by Gasteiger charge is 2.43. The van der Waals surface area contributed by atoms with Gasteiger partial charge in [0.25, 0.3) is 5.56 Å². The van der Waals surface area contributed by atoms with Crippen LogP contribution < -0.4 is 16.2 Å². The third-order valence-corrected chi connectivity index (χ3v) is 6.73. The molecule has 0 amide bonds. The van der Waals surface area contributed by atoms with Crippen molar-refractivity contribution in [3.63, 3.8) is 0 Å². The maximum atomic E-state index is 13.4. The Hall–Kier alpha value is -2.95. The maximum absolute atomic E-state index is 13.4. The van der Waals surface area contributed by atoms with Gasteiger partial charge in [0, 0.05) is 30.9 Å². The molecule has 4 N–H and O–H groups in total. The number of piperidine rings is 1. The van der Waals surface area contributed by atoms with Crippen LogP contribution >= 0.6 is 0 Å². The van der Waals surface area contributed by atoms with Crippen LogP contribution in [0.25, 0.3) is 22.3 Å². The predicted octanol–water partition coefficient (Wildman–Crippen LogP) is 2.82. The van der Waals surface area contributed by atoms with E-state index in [0.29, 0.717) is 19.0 Å². The Morgan fingerprint density at radius 3 is 2.71 bits per heavy atom. The van der Waals surface area contributed by atoms with Crippen LogP contribution in [-0.4, -0.2) is 44.3 Å². The smallest absolute Gasteiger partial charge is 0.341 e.